The smallest absolute Gasteiger partial charge is 0.300 e. The summed E-state index contributed by atoms with van der Waals surface area (Å²) < 4.78 is 6.73. The van der Waals surface area contributed by atoms with Crippen molar-refractivity contribution in [2.75, 3.05) is 19.2 Å². The molecule has 0 bridgehead atoms. The zero-order chi connectivity index (χ0) is 18.4. The largest absolute Gasteiger partial charge is 0.394 e. The summed E-state index contributed by atoms with van der Waals surface area (Å²) in [4.78, 5) is 23.5. The van der Waals surface area contributed by atoms with Gasteiger partial charge in [0, 0.05) is 0 Å². The summed E-state index contributed by atoms with van der Waals surface area (Å²) in [6.07, 6.45) is -1.35. The van der Waals surface area contributed by atoms with Gasteiger partial charge in [-0.1, -0.05) is 0 Å². The molecule has 0 radical (unpaired) electrons. The van der Waals surface area contributed by atoms with Gasteiger partial charge in [-0.25, -0.2) is 15.4 Å². The molecule has 1 aliphatic rings. The van der Waals surface area contributed by atoms with Gasteiger partial charge in [-0.05, 0) is 6.92 Å². The summed E-state index contributed by atoms with van der Waals surface area (Å²) in [5.74, 6) is 0.0647. The number of rotatable bonds is 5. The molecule has 12 heteroatoms. The van der Waals surface area contributed by atoms with E-state index >= 15 is 0 Å². The van der Waals surface area contributed by atoms with Gasteiger partial charge in [-0.3, -0.25) is 19.5 Å². The van der Waals surface area contributed by atoms with E-state index in [4.69, 9.17) is 9.57 Å². The van der Waals surface area contributed by atoms with Gasteiger partial charge in [0.2, 0.25) is 0 Å². The molecule has 3 heterocycles. The predicted octanol–water partition coefficient (Wildman–Crippen LogP) is -0.686. The minimum absolute atomic E-state index is 0.0516. The fourth-order valence-corrected chi connectivity index (χ4v) is 2.95. The van der Waals surface area contributed by atoms with Crippen molar-refractivity contribution >= 4 is 22.5 Å². The zero-order valence-corrected chi connectivity index (χ0v) is 13.4. The predicted molar refractivity (Wildman–Crippen MR) is 82.4 cm³/mol. The standard InChI is InChI=1S/C13H17N5O7/c1-13(21)9(20)7(4-19)25-12(13)17-3-6(18(22)23)8-10(16-24-2)14-5-15-11(8)17/h3,5,7,9,12,19-21H,4H2,1-2H3,(H,14,15,16)/t7?,9?,12?,13-/m1/s1. The number of hydrogen-bond acceptors (Lipinski definition) is 10. The van der Waals surface area contributed by atoms with Crippen molar-refractivity contribution in [1.29, 1.82) is 0 Å². The van der Waals surface area contributed by atoms with E-state index in [1.165, 1.54) is 18.6 Å². The number of anilines is 1. The maximum absolute atomic E-state index is 11.4. The van der Waals surface area contributed by atoms with Gasteiger partial charge in [-0.15, -0.1) is 0 Å². The van der Waals surface area contributed by atoms with Gasteiger partial charge < -0.3 is 20.1 Å². The number of nitrogens with zero attached hydrogens (tertiary/aromatic N) is 4. The van der Waals surface area contributed by atoms with E-state index in [-0.39, 0.29) is 22.5 Å². The van der Waals surface area contributed by atoms with E-state index in [2.05, 4.69) is 15.4 Å². The Morgan fingerprint density at radius 1 is 1.56 bits per heavy atom. The van der Waals surface area contributed by atoms with Gasteiger partial charge in [0.15, 0.2) is 17.7 Å². The molecule has 2 aromatic rings. The molecule has 1 fully saturated rings. The minimum atomic E-state index is -1.81. The normalized spacial score (nSPS) is 29.2. The molecule has 4 atom stereocenters. The number of aliphatic hydroxyl groups excluding tert-OH is 2. The maximum atomic E-state index is 11.4. The summed E-state index contributed by atoms with van der Waals surface area (Å²) in [6, 6.07) is 0. The first-order valence-corrected chi connectivity index (χ1v) is 7.28. The SMILES string of the molecule is CONc1ncnc2c1c([N+](=O)[O-])cn2C1OC(CO)C(O)[C@@]1(C)O. The summed E-state index contributed by atoms with van der Waals surface area (Å²) in [5, 5.41) is 41.5. The molecule has 136 valence electrons. The molecule has 3 rings (SSSR count). The van der Waals surface area contributed by atoms with Crippen molar-refractivity contribution in [1.82, 2.24) is 14.5 Å². The quantitative estimate of drug-likeness (QED) is 0.398. The highest BCUT2D eigenvalue weighted by Gasteiger charge is 2.53. The van der Waals surface area contributed by atoms with E-state index in [0.717, 1.165) is 12.5 Å². The van der Waals surface area contributed by atoms with Crippen LogP contribution in [0.15, 0.2) is 12.5 Å². The molecule has 1 saturated heterocycles. The van der Waals surface area contributed by atoms with Crippen LogP contribution in [0.2, 0.25) is 0 Å². The number of nitro groups is 1. The van der Waals surface area contributed by atoms with Crippen molar-refractivity contribution in [2.24, 2.45) is 0 Å². The second-order valence-corrected chi connectivity index (χ2v) is 5.79. The zero-order valence-electron chi connectivity index (χ0n) is 13.4. The minimum Gasteiger partial charge on any atom is -0.394 e. The lowest BCUT2D eigenvalue weighted by atomic mass is 9.96. The average Bonchev–Trinajstić information content (AvgIpc) is 3.05. The molecular formula is C13H17N5O7. The third-order valence-corrected chi connectivity index (χ3v) is 4.17. The van der Waals surface area contributed by atoms with Crippen LogP contribution in [0.4, 0.5) is 11.5 Å². The van der Waals surface area contributed by atoms with Crippen LogP contribution in [0.5, 0.6) is 0 Å². The highest BCUT2D eigenvalue weighted by atomic mass is 16.6. The first-order chi connectivity index (χ1) is 11.8. The van der Waals surface area contributed by atoms with Crippen LogP contribution in [0.25, 0.3) is 11.0 Å². The van der Waals surface area contributed by atoms with Gasteiger partial charge in [-0.2, -0.15) is 0 Å². The molecular weight excluding hydrogens is 338 g/mol. The Morgan fingerprint density at radius 2 is 2.28 bits per heavy atom. The third kappa shape index (κ3) is 2.60. The van der Waals surface area contributed by atoms with Crippen LogP contribution in [-0.2, 0) is 9.57 Å². The number of fused-ring (bicyclic) bond motifs is 1. The summed E-state index contributed by atoms with van der Waals surface area (Å²) in [5.41, 5.74) is 0.383. The van der Waals surface area contributed by atoms with Crippen LogP contribution in [0, 0.1) is 10.1 Å². The van der Waals surface area contributed by atoms with E-state index in [1.54, 1.807) is 0 Å². The number of hydrogen-bond donors (Lipinski definition) is 4. The highest BCUT2D eigenvalue weighted by molar-refractivity contribution is 5.95. The van der Waals surface area contributed by atoms with Gasteiger partial charge >= 0.3 is 0 Å². The summed E-state index contributed by atoms with van der Waals surface area (Å²) in [6.45, 7) is 0.783. The maximum Gasteiger partial charge on any atom is 0.300 e. The number of aliphatic hydroxyl groups is 3. The van der Waals surface area contributed by atoms with E-state index in [0.29, 0.717) is 0 Å². The van der Waals surface area contributed by atoms with Crippen LogP contribution < -0.4 is 5.48 Å². The lowest BCUT2D eigenvalue weighted by molar-refractivity contribution is -0.383. The molecule has 2 aromatic heterocycles. The molecule has 3 unspecified atom stereocenters. The van der Waals surface area contributed by atoms with Crippen molar-refractivity contribution in [3.05, 3.63) is 22.6 Å². The fourth-order valence-electron chi connectivity index (χ4n) is 2.95. The van der Waals surface area contributed by atoms with Crippen molar-refractivity contribution in [3.63, 3.8) is 0 Å². The van der Waals surface area contributed by atoms with Crippen LogP contribution in [0.3, 0.4) is 0 Å². The molecule has 25 heavy (non-hydrogen) atoms. The topological polar surface area (TPSA) is 165 Å². The van der Waals surface area contributed by atoms with Crippen LogP contribution >= 0.6 is 0 Å². The Balaban J connectivity index is 2.21. The first-order valence-electron chi connectivity index (χ1n) is 7.28. The number of nitrogens with one attached hydrogen (secondary N) is 1. The molecule has 4 N–H and O–H groups in total. The first kappa shape index (κ1) is 17.4. The second-order valence-electron chi connectivity index (χ2n) is 5.79. The summed E-state index contributed by atoms with van der Waals surface area (Å²) >= 11 is 0. The molecule has 0 saturated carbocycles. The Morgan fingerprint density at radius 3 is 2.84 bits per heavy atom. The lowest BCUT2D eigenvalue weighted by Gasteiger charge is -2.27. The van der Waals surface area contributed by atoms with Gasteiger partial charge in [0.25, 0.3) is 5.69 Å². The average molecular weight is 355 g/mol. The van der Waals surface area contributed by atoms with E-state index < -0.39 is 35.6 Å². The Hall–Kier alpha value is -2.38. The van der Waals surface area contributed by atoms with Crippen LogP contribution in [-0.4, -0.2) is 66.3 Å². The monoisotopic (exact) mass is 355 g/mol. The third-order valence-electron chi connectivity index (χ3n) is 4.17. The second kappa shape index (κ2) is 6.16. The Kier molecular flexibility index (Phi) is 4.30. The van der Waals surface area contributed by atoms with Crippen LogP contribution in [0.1, 0.15) is 13.2 Å². The van der Waals surface area contributed by atoms with Crippen molar-refractivity contribution < 1.29 is 29.8 Å². The lowest BCUT2D eigenvalue weighted by Crippen LogP contribution is -2.44. The Bertz CT molecular complexity index is 807. The van der Waals surface area contributed by atoms with Gasteiger partial charge in [0.1, 0.15) is 29.5 Å². The molecule has 1 aliphatic heterocycles. The van der Waals surface area contributed by atoms with E-state index in [9.17, 15) is 25.4 Å². The number of aromatic nitrogens is 3. The Labute approximate surface area is 140 Å². The fraction of sp³-hybridized carbons (Fsp3) is 0.538. The van der Waals surface area contributed by atoms with Gasteiger partial charge in [0.05, 0.1) is 24.8 Å². The molecule has 12 nitrogen and oxygen atoms in total. The molecule has 0 spiro atoms. The molecule has 0 aliphatic carbocycles. The molecule has 0 aromatic carbocycles. The molecule has 0 amide bonds. The highest BCUT2D eigenvalue weighted by Crippen LogP contribution is 2.42. The summed E-state index contributed by atoms with van der Waals surface area (Å²) in [7, 11) is 1.32. The van der Waals surface area contributed by atoms with Crippen molar-refractivity contribution in [3.8, 4) is 0 Å². The number of ether oxygens (including phenoxy) is 1. The van der Waals surface area contributed by atoms with Crippen molar-refractivity contribution in [2.45, 2.75) is 31.0 Å². The van der Waals surface area contributed by atoms with E-state index in [1.807, 2.05) is 0 Å².